The van der Waals surface area contributed by atoms with Crippen LogP contribution in [-0.2, 0) is 4.79 Å². The van der Waals surface area contributed by atoms with Gasteiger partial charge in [0.25, 0.3) is 0 Å². The van der Waals surface area contributed by atoms with E-state index >= 15 is 0 Å². The molecule has 1 amide bonds. The Bertz CT molecular complexity index is 604. The molecule has 1 aromatic rings. The predicted octanol–water partition coefficient (Wildman–Crippen LogP) is 2.74. The van der Waals surface area contributed by atoms with E-state index in [1.807, 2.05) is 6.08 Å². The van der Waals surface area contributed by atoms with Gasteiger partial charge in [0.1, 0.15) is 6.04 Å². The van der Waals surface area contributed by atoms with Crippen LogP contribution in [0.2, 0.25) is 0 Å². The summed E-state index contributed by atoms with van der Waals surface area (Å²) in [6.07, 6.45) is 6.53. The molecule has 2 atom stereocenters. The van der Waals surface area contributed by atoms with E-state index in [-0.39, 0.29) is 11.8 Å². The summed E-state index contributed by atoms with van der Waals surface area (Å²) in [6, 6.07) is 6.66. The zero-order valence-corrected chi connectivity index (χ0v) is 12.8. The molecule has 116 valence electrons. The minimum Gasteiger partial charge on any atom is -0.493 e. The lowest BCUT2D eigenvalue weighted by Gasteiger charge is -2.21. The number of ether oxygens (including phenoxy) is 2. The van der Waals surface area contributed by atoms with E-state index in [0.717, 1.165) is 19.3 Å². The maximum absolute atomic E-state index is 12.3. The van der Waals surface area contributed by atoms with Crippen LogP contribution < -0.4 is 14.8 Å². The molecule has 5 nitrogen and oxygen atoms in total. The smallest absolute Gasteiger partial charge is 0.224 e. The van der Waals surface area contributed by atoms with Crippen LogP contribution in [-0.4, -0.2) is 20.1 Å². The highest BCUT2D eigenvalue weighted by Gasteiger charge is 2.25. The number of rotatable bonds is 5. The van der Waals surface area contributed by atoms with Crippen molar-refractivity contribution >= 4 is 5.91 Å². The van der Waals surface area contributed by atoms with Crippen LogP contribution in [0.15, 0.2) is 30.4 Å². The molecule has 0 saturated carbocycles. The number of methoxy groups -OCH3 is 2. The lowest BCUT2D eigenvalue weighted by molar-refractivity contribution is -0.125. The van der Waals surface area contributed by atoms with Gasteiger partial charge < -0.3 is 14.8 Å². The minimum absolute atomic E-state index is 0.0718. The average Bonchev–Trinajstić information content (AvgIpc) is 2.59. The Balaban J connectivity index is 2.20. The third-order valence-electron chi connectivity index (χ3n) is 3.80. The van der Waals surface area contributed by atoms with E-state index in [1.165, 1.54) is 14.2 Å². The summed E-state index contributed by atoms with van der Waals surface area (Å²) in [5.41, 5.74) is 0.601. The number of amides is 1. The van der Waals surface area contributed by atoms with E-state index in [0.29, 0.717) is 17.1 Å². The first-order valence-electron chi connectivity index (χ1n) is 7.27. The molecule has 1 aliphatic carbocycles. The fourth-order valence-electron chi connectivity index (χ4n) is 2.61. The van der Waals surface area contributed by atoms with Crippen LogP contribution in [0.1, 0.15) is 30.9 Å². The molecule has 0 fully saturated rings. The molecule has 1 aromatic carbocycles. The molecule has 0 bridgehead atoms. The third-order valence-corrected chi connectivity index (χ3v) is 3.80. The number of nitrogens with one attached hydrogen (secondary N) is 1. The highest BCUT2D eigenvalue weighted by molar-refractivity contribution is 5.80. The summed E-state index contributed by atoms with van der Waals surface area (Å²) in [5.74, 6) is 0.841. The van der Waals surface area contributed by atoms with Crippen LogP contribution in [0, 0.1) is 17.2 Å². The number of nitrogens with zero attached hydrogens (tertiary/aromatic N) is 1. The van der Waals surface area contributed by atoms with Gasteiger partial charge in [-0.2, -0.15) is 5.26 Å². The highest BCUT2D eigenvalue weighted by Crippen LogP contribution is 2.34. The maximum Gasteiger partial charge on any atom is 0.224 e. The van der Waals surface area contributed by atoms with Crippen molar-refractivity contribution in [1.82, 2.24) is 5.32 Å². The van der Waals surface area contributed by atoms with Gasteiger partial charge >= 0.3 is 0 Å². The average molecular weight is 300 g/mol. The molecule has 5 heteroatoms. The van der Waals surface area contributed by atoms with Gasteiger partial charge in [0.15, 0.2) is 11.5 Å². The van der Waals surface area contributed by atoms with Crippen molar-refractivity contribution in [2.24, 2.45) is 5.92 Å². The molecule has 0 radical (unpaired) electrons. The molecule has 0 saturated heterocycles. The van der Waals surface area contributed by atoms with Crippen molar-refractivity contribution in [3.8, 4) is 17.6 Å². The van der Waals surface area contributed by atoms with Crippen LogP contribution in [0.4, 0.5) is 0 Å². The zero-order valence-electron chi connectivity index (χ0n) is 12.8. The van der Waals surface area contributed by atoms with Gasteiger partial charge in [0.05, 0.1) is 20.3 Å². The van der Waals surface area contributed by atoms with E-state index in [2.05, 4.69) is 17.5 Å². The summed E-state index contributed by atoms with van der Waals surface area (Å²) in [4.78, 5) is 12.3. The number of carbonyl (C=O) groups excluding carboxylic acids is 1. The Morgan fingerprint density at radius 3 is 2.77 bits per heavy atom. The first-order valence-corrected chi connectivity index (χ1v) is 7.27. The van der Waals surface area contributed by atoms with Crippen LogP contribution in [0.25, 0.3) is 0 Å². The molecular weight excluding hydrogens is 280 g/mol. The molecule has 0 spiro atoms. The summed E-state index contributed by atoms with van der Waals surface area (Å²) in [5, 5.41) is 12.2. The molecule has 2 rings (SSSR count). The molecule has 0 unspecified atom stereocenters. The summed E-state index contributed by atoms with van der Waals surface area (Å²) < 4.78 is 10.6. The fraction of sp³-hybridized carbons (Fsp3) is 0.412. The van der Waals surface area contributed by atoms with Gasteiger partial charge in [-0.15, -0.1) is 0 Å². The standard InChI is InChI=1S/C17H20N2O3/c1-21-15-10-6-9-13(16(15)22-2)14(11-18)19-17(20)12-7-4-3-5-8-12/h3-4,6,9-10,12,14H,5,7-8H2,1-2H3,(H,19,20)/t12-,14-/m0/s1. The second kappa shape index (κ2) is 7.51. The largest absolute Gasteiger partial charge is 0.493 e. The van der Waals surface area contributed by atoms with Crippen molar-refractivity contribution in [1.29, 1.82) is 5.26 Å². The number of nitriles is 1. The van der Waals surface area contributed by atoms with Crippen molar-refractivity contribution in [3.63, 3.8) is 0 Å². The fourth-order valence-corrected chi connectivity index (χ4v) is 2.61. The molecule has 0 aliphatic heterocycles. The van der Waals surface area contributed by atoms with Crippen LogP contribution in [0.5, 0.6) is 11.5 Å². The quantitative estimate of drug-likeness (QED) is 0.849. The van der Waals surface area contributed by atoms with Crippen LogP contribution >= 0.6 is 0 Å². The molecular formula is C17H20N2O3. The lowest BCUT2D eigenvalue weighted by atomic mass is 9.93. The molecule has 0 aromatic heterocycles. The van der Waals surface area contributed by atoms with Gasteiger partial charge in [-0.1, -0.05) is 24.3 Å². The molecule has 0 heterocycles. The topological polar surface area (TPSA) is 71.3 Å². The Morgan fingerprint density at radius 1 is 1.36 bits per heavy atom. The maximum atomic E-state index is 12.3. The second-order valence-corrected chi connectivity index (χ2v) is 5.13. The summed E-state index contributed by atoms with van der Waals surface area (Å²) >= 11 is 0. The predicted molar refractivity (Wildman–Crippen MR) is 82.5 cm³/mol. The van der Waals surface area contributed by atoms with Crippen LogP contribution in [0.3, 0.4) is 0 Å². The monoisotopic (exact) mass is 300 g/mol. The summed E-state index contributed by atoms with van der Waals surface area (Å²) in [6.45, 7) is 0. The Morgan fingerprint density at radius 2 is 2.18 bits per heavy atom. The van der Waals surface area contributed by atoms with Crippen molar-refractivity contribution in [2.75, 3.05) is 14.2 Å². The molecule has 22 heavy (non-hydrogen) atoms. The lowest BCUT2D eigenvalue weighted by Crippen LogP contribution is -2.34. The van der Waals surface area contributed by atoms with Crippen molar-refractivity contribution in [3.05, 3.63) is 35.9 Å². The minimum atomic E-state index is -0.761. The van der Waals surface area contributed by atoms with Crippen molar-refractivity contribution < 1.29 is 14.3 Å². The van der Waals surface area contributed by atoms with E-state index in [1.54, 1.807) is 18.2 Å². The van der Waals surface area contributed by atoms with Gasteiger partial charge in [-0.05, 0) is 25.3 Å². The van der Waals surface area contributed by atoms with E-state index in [4.69, 9.17) is 9.47 Å². The Hall–Kier alpha value is -2.48. The SMILES string of the molecule is COc1cccc([C@H](C#N)NC(=O)[C@H]2CC=CCC2)c1OC. The summed E-state index contributed by atoms with van der Waals surface area (Å²) in [7, 11) is 3.06. The number of allylic oxidation sites excluding steroid dienone is 2. The Kier molecular flexibility index (Phi) is 5.42. The Labute approximate surface area is 130 Å². The van der Waals surface area contributed by atoms with E-state index < -0.39 is 6.04 Å². The number of para-hydroxylation sites is 1. The van der Waals surface area contributed by atoms with Crippen molar-refractivity contribution in [2.45, 2.75) is 25.3 Å². The highest BCUT2D eigenvalue weighted by atomic mass is 16.5. The van der Waals surface area contributed by atoms with Gasteiger partial charge in [-0.3, -0.25) is 4.79 Å². The molecule has 1 N–H and O–H groups in total. The molecule has 1 aliphatic rings. The zero-order chi connectivity index (χ0) is 15.9. The van der Waals surface area contributed by atoms with E-state index in [9.17, 15) is 10.1 Å². The number of hydrogen-bond acceptors (Lipinski definition) is 4. The third kappa shape index (κ3) is 3.40. The number of hydrogen-bond donors (Lipinski definition) is 1. The first kappa shape index (κ1) is 15.9. The first-order chi connectivity index (χ1) is 10.7. The van der Waals surface area contributed by atoms with Gasteiger partial charge in [-0.25, -0.2) is 0 Å². The number of benzene rings is 1. The second-order valence-electron chi connectivity index (χ2n) is 5.13. The van der Waals surface area contributed by atoms with Gasteiger partial charge in [0, 0.05) is 11.5 Å². The van der Waals surface area contributed by atoms with Gasteiger partial charge in [0.2, 0.25) is 5.91 Å². The number of carbonyl (C=O) groups is 1. The normalized spacial score (nSPS) is 18.1.